The van der Waals surface area contributed by atoms with Crippen LogP contribution in [0, 0.1) is 6.92 Å². The molecule has 1 heterocycles. The Morgan fingerprint density at radius 2 is 2.05 bits per heavy atom. The van der Waals surface area contributed by atoms with Crippen LogP contribution in [-0.4, -0.2) is 21.3 Å². The van der Waals surface area contributed by atoms with E-state index in [2.05, 4.69) is 4.98 Å². The minimum Gasteiger partial charge on any atom is -0.494 e. The van der Waals surface area contributed by atoms with Gasteiger partial charge in [0.25, 0.3) is 5.56 Å². The number of benzene rings is 1. The van der Waals surface area contributed by atoms with Gasteiger partial charge in [-0.3, -0.25) is 9.36 Å². The molecule has 0 fully saturated rings. The summed E-state index contributed by atoms with van der Waals surface area (Å²) in [5.74, 6) is 0.762. The molecule has 0 spiro atoms. The van der Waals surface area contributed by atoms with Gasteiger partial charge in [-0.25, -0.2) is 4.98 Å². The summed E-state index contributed by atoms with van der Waals surface area (Å²) in [5, 5.41) is 10.2. The van der Waals surface area contributed by atoms with E-state index in [9.17, 15) is 9.90 Å². The van der Waals surface area contributed by atoms with Gasteiger partial charge >= 0.3 is 0 Å². The minimum atomic E-state index is -0.757. The van der Waals surface area contributed by atoms with E-state index in [1.54, 1.807) is 31.2 Å². The highest BCUT2D eigenvalue weighted by Crippen LogP contribution is 2.18. The third-order valence-electron chi connectivity index (χ3n) is 2.96. The predicted octanol–water partition coefficient (Wildman–Crippen LogP) is 1.68. The second kappa shape index (κ2) is 6.34. The van der Waals surface area contributed by atoms with E-state index in [0.717, 1.165) is 11.3 Å². The van der Waals surface area contributed by atoms with Crippen LogP contribution in [-0.2, 0) is 6.54 Å². The topological polar surface area (TPSA) is 64.3 Å². The van der Waals surface area contributed by atoms with Crippen molar-refractivity contribution in [3.05, 3.63) is 58.3 Å². The number of aromatic nitrogens is 2. The molecule has 106 valence electrons. The Bertz CT molecular complexity index is 620. The highest BCUT2D eigenvalue weighted by atomic mass is 16.5. The molecule has 0 aliphatic rings. The second-order valence-corrected chi connectivity index (χ2v) is 4.54. The largest absolute Gasteiger partial charge is 0.494 e. The molecule has 1 unspecified atom stereocenters. The molecule has 2 aromatic rings. The number of nitrogens with zero attached hydrogens (tertiary/aromatic N) is 2. The van der Waals surface area contributed by atoms with E-state index < -0.39 is 6.10 Å². The van der Waals surface area contributed by atoms with E-state index in [0.29, 0.717) is 12.3 Å². The third-order valence-corrected chi connectivity index (χ3v) is 2.96. The van der Waals surface area contributed by atoms with E-state index >= 15 is 0 Å². The van der Waals surface area contributed by atoms with Crippen LogP contribution in [0.5, 0.6) is 5.75 Å². The number of aliphatic hydroxyl groups is 1. The van der Waals surface area contributed by atoms with Gasteiger partial charge in [-0.2, -0.15) is 0 Å². The molecule has 1 atom stereocenters. The van der Waals surface area contributed by atoms with Crippen molar-refractivity contribution in [2.45, 2.75) is 26.5 Å². The summed E-state index contributed by atoms with van der Waals surface area (Å²) in [4.78, 5) is 15.8. The zero-order chi connectivity index (χ0) is 14.5. The zero-order valence-electron chi connectivity index (χ0n) is 11.6. The molecule has 1 N–H and O–H groups in total. The Morgan fingerprint density at radius 3 is 2.65 bits per heavy atom. The molecule has 20 heavy (non-hydrogen) atoms. The van der Waals surface area contributed by atoms with Crippen molar-refractivity contribution in [1.82, 2.24) is 9.55 Å². The van der Waals surface area contributed by atoms with E-state index in [1.165, 1.54) is 17.0 Å². The lowest BCUT2D eigenvalue weighted by Gasteiger charge is -2.13. The fourth-order valence-electron chi connectivity index (χ4n) is 1.90. The minimum absolute atomic E-state index is 0.164. The molecule has 2 rings (SSSR count). The lowest BCUT2D eigenvalue weighted by atomic mass is 10.1. The van der Waals surface area contributed by atoms with Gasteiger partial charge in [0, 0.05) is 11.8 Å². The molecule has 0 aliphatic carbocycles. The average molecular weight is 274 g/mol. The fourth-order valence-corrected chi connectivity index (χ4v) is 1.90. The Balaban J connectivity index is 2.11. The van der Waals surface area contributed by atoms with Gasteiger partial charge in [-0.05, 0) is 31.5 Å². The number of ether oxygens (including phenoxy) is 1. The predicted molar refractivity (Wildman–Crippen MR) is 75.8 cm³/mol. The first-order chi connectivity index (χ1) is 9.60. The van der Waals surface area contributed by atoms with E-state index in [-0.39, 0.29) is 12.1 Å². The molecule has 0 amide bonds. The van der Waals surface area contributed by atoms with Gasteiger partial charge in [0.1, 0.15) is 5.75 Å². The van der Waals surface area contributed by atoms with Crippen LogP contribution in [0.3, 0.4) is 0 Å². The van der Waals surface area contributed by atoms with Gasteiger partial charge in [0.2, 0.25) is 0 Å². The summed E-state index contributed by atoms with van der Waals surface area (Å²) in [7, 11) is 0. The molecule has 0 radical (unpaired) electrons. The van der Waals surface area contributed by atoms with Crippen LogP contribution in [0.15, 0.2) is 41.5 Å². The van der Waals surface area contributed by atoms with Crippen molar-refractivity contribution >= 4 is 0 Å². The molecule has 1 aromatic heterocycles. The Labute approximate surface area is 117 Å². The normalized spacial score (nSPS) is 12.2. The highest BCUT2D eigenvalue weighted by Gasteiger charge is 2.09. The van der Waals surface area contributed by atoms with Crippen molar-refractivity contribution in [3.63, 3.8) is 0 Å². The summed E-state index contributed by atoms with van der Waals surface area (Å²) in [6.45, 7) is 4.46. The average Bonchev–Trinajstić information content (AvgIpc) is 2.43. The fraction of sp³-hybridized carbons (Fsp3) is 0.333. The number of aryl methyl sites for hydroxylation is 1. The van der Waals surface area contributed by atoms with Gasteiger partial charge in [0.05, 0.1) is 25.6 Å². The summed E-state index contributed by atoms with van der Waals surface area (Å²) in [5.41, 5.74) is 1.24. The summed E-state index contributed by atoms with van der Waals surface area (Å²) < 4.78 is 6.74. The van der Waals surface area contributed by atoms with Gasteiger partial charge in [-0.15, -0.1) is 0 Å². The van der Waals surface area contributed by atoms with Crippen molar-refractivity contribution < 1.29 is 9.84 Å². The summed E-state index contributed by atoms with van der Waals surface area (Å²) in [6, 6.07) is 8.64. The standard InChI is InChI=1S/C15H18N2O3/c1-3-20-13-6-4-12(5-7-13)14(18)9-17-10-16-11(2)8-15(17)19/h4-8,10,14,18H,3,9H2,1-2H3. The Morgan fingerprint density at radius 1 is 1.35 bits per heavy atom. The molecular formula is C15H18N2O3. The van der Waals surface area contributed by atoms with Crippen LogP contribution in [0.1, 0.15) is 24.3 Å². The molecule has 1 aromatic carbocycles. The quantitative estimate of drug-likeness (QED) is 0.901. The molecule has 5 nitrogen and oxygen atoms in total. The van der Waals surface area contributed by atoms with Gasteiger partial charge in [0.15, 0.2) is 0 Å². The SMILES string of the molecule is CCOc1ccc(C(O)Cn2cnc(C)cc2=O)cc1. The van der Waals surface area contributed by atoms with Crippen LogP contribution in [0.25, 0.3) is 0 Å². The van der Waals surface area contributed by atoms with E-state index in [1.807, 2.05) is 6.92 Å². The van der Waals surface area contributed by atoms with Crippen LogP contribution in [0.2, 0.25) is 0 Å². The van der Waals surface area contributed by atoms with E-state index in [4.69, 9.17) is 4.74 Å². The maximum absolute atomic E-state index is 11.7. The summed E-state index contributed by atoms with van der Waals surface area (Å²) in [6.07, 6.45) is 0.697. The first-order valence-electron chi connectivity index (χ1n) is 6.54. The zero-order valence-corrected chi connectivity index (χ0v) is 11.6. The lowest BCUT2D eigenvalue weighted by molar-refractivity contribution is 0.154. The molecule has 0 bridgehead atoms. The number of rotatable bonds is 5. The monoisotopic (exact) mass is 274 g/mol. The molecule has 5 heteroatoms. The first-order valence-corrected chi connectivity index (χ1v) is 6.54. The Hall–Kier alpha value is -2.14. The van der Waals surface area contributed by atoms with Gasteiger partial charge in [-0.1, -0.05) is 12.1 Å². The van der Waals surface area contributed by atoms with Crippen molar-refractivity contribution in [3.8, 4) is 5.75 Å². The molecule has 0 saturated heterocycles. The van der Waals surface area contributed by atoms with Crippen molar-refractivity contribution in [2.75, 3.05) is 6.61 Å². The maximum atomic E-state index is 11.7. The number of aliphatic hydroxyl groups excluding tert-OH is 1. The van der Waals surface area contributed by atoms with Crippen LogP contribution < -0.4 is 10.3 Å². The number of hydrogen-bond acceptors (Lipinski definition) is 4. The third kappa shape index (κ3) is 3.45. The molecular weight excluding hydrogens is 256 g/mol. The molecule has 0 saturated carbocycles. The number of hydrogen-bond donors (Lipinski definition) is 1. The second-order valence-electron chi connectivity index (χ2n) is 4.54. The van der Waals surface area contributed by atoms with Crippen molar-refractivity contribution in [2.24, 2.45) is 0 Å². The first kappa shape index (κ1) is 14.3. The smallest absolute Gasteiger partial charge is 0.253 e. The summed E-state index contributed by atoms with van der Waals surface area (Å²) >= 11 is 0. The van der Waals surface area contributed by atoms with Gasteiger partial charge < -0.3 is 9.84 Å². The lowest BCUT2D eigenvalue weighted by Crippen LogP contribution is -2.23. The highest BCUT2D eigenvalue weighted by molar-refractivity contribution is 5.28. The maximum Gasteiger partial charge on any atom is 0.253 e. The van der Waals surface area contributed by atoms with Crippen LogP contribution >= 0.6 is 0 Å². The van der Waals surface area contributed by atoms with Crippen molar-refractivity contribution in [1.29, 1.82) is 0 Å². The Kier molecular flexibility index (Phi) is 4.53. The molecule has 0 aliphatic heterocycles. The van der Waals surface area contributed by atoms with Crippen LogP contribution in [0.4, 0.5) is 0 Å².